The Labute approximate surface area is 113 Å². The van der Waals surface area contributed by atoms with Crippen LogP contribution in [0.1, 0.15) is 19.4 Å². The van der Waals surface area contributed by atoms with Gasteiger partial charge in [-0.1, -0.05) is 25.1 Å². The van der Waals surface area contributed by atoms with Gasteiger partial charge in [-0.3, -0.25) is 4.79 Å². The van der Waals surface area contributed by atoms with Gasteiger partial charge in [0.25, 0.3) is 0 Å². The molecule has 1 rings (SSSR count). The Morgan fingerprint density at radius 3 is 2.74 bits per heavy atom. The first-order valence-electron chi connectivity index (χ1n) is 6.44. The number of aliphatic hydroxyl groups is 1. The average Bonchev–Trinajstić information content (AvgIpc) is 2.44. The lowest BCUT2D eigenvalue weighted by molar-refractivity contribution is -0.146. The third kappa shape index (κ3) is 4.89. The molecule has 0 aliphatic rings. The van der Waals surface area contributed by atoms with Gasteiger partial charge in [-0.2, -0.15) is 0 Å². The number of rotatable bonds is 8. The Balaban J connectivity index is 2.62. The van der Waals surface area contributed by atoms with Gasteiger partial charge in [-0.15, -0.1) is 0 Å². The van der Waals surface area contributed by atoms with Gasteiger partial charge in [0.2, 0.25) is 0 Å². The van der Waals surface area contributed by atoms with E-state index in [4.69, 9.17) is 9.47 Å². The van der Waals surface area contributed by atoms with Crippen LogP contribution < -0.4 is 10.1 Å². The molecule has 0 bridgehead atoms. The maximum absolute atomic E-state index is 11.7. The van der Waals surface area contributed by atoms with Crippen molar-refractivity contribution >= 4 is 5.97 Å². The number of benzene rings is 1. The van der Waals surface area contributed by atoms with Crippen molar-refractivity contribution in [3.63, 3.8) is 0 Å². The molecule has 0 saturated carbocycles. The van der Waals surface area contributed by atoms with Crippen molar-refractivity contribution in [3.05, 3.63) is 29.8 Å². The van der Waals surface area contributed by atoms with Crippen molar-refractivity contribution in [2.24, 2.45) is 0 Å². The number of ether oxygens (including phenoxy) is 2. The van der Waals surface area contributed by atoms with E-state index in [1.54, 1.807) is 19.1 Å². The van der Waals surface area contributed by atoms with Crippen LogP contribution in [0.15, 0.2) is 24.3 Å². The summed E-state index contributed by atoms with van der Waals surface area (Å²) in [6.45, 7) is 4.74. The Morgan fingerprint density at radius 2 is 2.11 bits per heavy atom. The second-order valence-corrected chi connectivity index (χ2v) is 3.94. The third-order valence-electron chi connectivity index (χ3n) is 2.57. The van der Waals surface area contributed by atoms with Gasteiger partial charge in [0.05, 0.1) is 13.2 Å². The lowest BCUT2D eigenvalue weighted by atomic mass is 10.2. The second-order valence-electron chi connectivity index (χ2n) is 3.94. The van der Waals surface area contributed by atoms with E-state index in [-0.39, 0.29) is 19.2 Å². The van der Waals surface area contributed by atoms with Crippen LogP contribution >= 0.6 is 0 Å². The molecule has 1 atom stereocenters. The van der Waals surface area contributed by atoms with E-state index in [1.807, 2.05) is 19.1 Å². The highest BCUT2D eigenvalue weighted by molar-refractivity contribution is 5.76. The molecule has 0 spiro atoms. The monoisotopic (exact) mass is 267 g/mol. The Hall–Kier alpha value is -1.59. The van der Waals surface area contributed by atoms with Crippen molar-refractivity contribution in [1.82, 2.24) is 5.32 Å². The highest BCUT2D eigenvalue weighted by Crippen LogP contribution is 2.17. The van der Waals surface area contributed by atoms with Crippen LogP contribution in [0.25, 0.3) is 0 Å². The molecular weight excluding hydrogens is 246 g/mol. The molecule has 5 nitrogen and oxygen atoms in total. The lowest BCUT2D eigenvalue weighted by Crippen LogP contribution is -2.42. The van der Waals surface area contributed by atoms with Gasteiger partial charge >= 0.3 is 5.97 Å². The van der Waals surface area contributed by atoms with Crippen molar-refractivity contribution in [3.8, 4) is 5.75 Å². The molecule has 5 heteroatoms. The van der Waals surface area contributed by atoms with E-state index < -0.39 is 6.04 Å². The number of likely N-dealkylation sites (N-methyl/N-ethyl adjacent to an activating group) is 1. The van der Waals surface area contributed by atoms with E-state index in [9.17, 15) is 9.90 Å². The van der Waals surface area contributed by atoms with E-state index in [0.29, 0.717) is 24.5 Å². The van der Waals surface area contributed by atoms with Crippen molar-refractivity contribution in [2.75, 3.05) is 19.8 Å². The fraction of sp³-hybridized carbons (Fsp3) is 0.500. The van der Waals surface area contributed by atoms with E-state index in [1.165, 1.54) is 0 Å². The fourth-order valence-electron chi connectivity index (χ4n) is 1.65. The van der Waals surface area contributed by atoms with E-state index in [0.717, 1.165) is 0 Å². The van der Waals surface area contributed by atoms with Crippen LogP contribution in [-0.4, -0.2) is 36.9 Å². The molecule has 19 heavy (non-hydrogen) atoms. The summed E-state index contributed by atoms with van der Waals surface area (Å²) in [4.78, 5) is 11.7. The predicted octanol–water partition coefficient (Wildman–Crippen LogP) is 1.10. The number of hydrogen-bond acceptors (Lipinski definition) is 5. The number of carbonyl (C=O) groups excluding carboxylic acids is 1. The number of nitrogens with one attached hydrogen (secondary N) is 1. The molecule has 0 aliphatic carbocycles. The van der Waals surface area contributed by atoms with Gasteiger partial charge in [0, 0.05) is 5.56 Å². The summed E-state index contributed by atoms with van der Waals surface area (Å²) in [6.07, 6.45) is 0. The first kappa shape index (κ1) is 15.5. The zero-order chi connectivity index (χ0) is 14.1. The third-order valence-corrected chi connectivity index (χ3v) is 2.57. The van der Waals surface area contributed by atoms with Gasteiger partial charge in [0.1, 0.15) is 18.4 Å². The van der Waals surface area contributed by atoms with Gasteiger partial charge in [-0.05, 0) is 19.5 Å². The summed E-state index contributed by atoms with van der Waals surface area (Å²) in [6, 6.07) is 6.69. The fourth-order valence-corrected chi connectivity index (χ4v) is 1.65. The maximum Gasteiger partial charge on any atom is 0.326 e. The van der Waals surface area contributed by atoms with Gasteiger partial charge < -0.3 is 19.9 Å². The average molecular weight is 267 g/mol. The number of para-hydroxylation sites is 1. The molecule has 0 saturated heterocycles. The predicted molar refractivity (Wildman–Crippen MR) is 72.0 cm³/mol. The maximum atomic E-state index is 11.7. The zero-order valence-corrected chi connectivity index (χ0v) is 11.4. The summed E-state index contributed by atoms with van der Waals surface area (Å²) < 4.78 is 10.6. The summed E-state index contributed by atoms with van der Waals surface area (Å²) >= 11 is 0. The van der Waals surface area contributed by atoms with Crippen LogP contribution in [0.4, 0.5) is 0 Å². The van der Waals surface area contributed by atoms with Crippen LogP contribution in [0.3, 0.4) is 0 Å². The topological polar surface area (TPSA) is 67.8 Å². The first-order chi connectivity index (χ1) is 9.22. The SMILES string of the molecule is CCNC(COc1ccccc1CO)C(=O)OCC. The lowest BCUT2D eigenvalue weighted by Gasteiger charge is -2.18. The summed E-state index contributed by atoms with van der Waals surface area (Å²) in [5.74, 6) is 0.253. The molecule has 0 aromatic heterocycles. The molecule has 0 radical (unpaired) electrons. The number of aliphatic hydroxyl groups excluding tert-OH is 1. The zero-order valence-electron chi connectivity index (χ0n) is 11.4. The van der Waals surface area contributed by atoms with E-state index >= 15 is 0 Å². The van der Waals surface area contributed by atoms with Gasteiger partial charge in [-0.25, -0.2) is 0 Å². The molecule has 0 heterocycles. The molecule has 1 aromatic carbocycles. The van der Waals surface area contributed by atoms with Crippen molar-refractivity contribution < 1.29 is 19.4 Å². The normalized spacial score (nSPS) is 11.9. The molecule has 0 aliphatic heterocycles. The largest absolute Gasteiger partial charge is 0.491 e. The molecule has 1 aromatic rings. The minimum Gasteiger partial charge on any atom is -0.491 e. The first-order valence-corrected chi connectivity index (χ1v) is 6.44. The van der Waals surface area contributed by atoms with Crippen molar-refractivity contribution in [2.45, 2.75) is 26.5 Å². The quantitative estimate of drug-likeness (QED) is 0.690. The second kappa shape index (κ2) is 8.50. The molecule has 2 N–H and O–H groups in total. The summed E-state index contributed by atoms with van der Waals surface area (Å²) in [5, 5.41) is 12.2. The van der Waals surface area contributed by atoms with Gasteiger partial charge in [0.15, 0.2) is 0 Å². The van der Waals surface area contributed by atoms with Crippen LogP contribution in [0.2, 0.25) is 0 Å². The summed E-state index contributed by atoms with van der Waals surface area (Å²) in [5.41, 5.74) is 0.696. The summed E-state index contributed by atoms with van der Waals surface area (Å²) in [7, 11) is 0. The minimum absolute atomic E-state index is 0.0958. The number of carbonyl (C=O) groups is 1. The van der Waals surface area contributed by atoms with Crippen molar-refractivity contribution in [1.29, 1.82) is 0 Å². The Kier molecular flexibility index (Phi) is 6.92. The Morgan fingerprint density at radius 1 is 1.37 bits per heavy atom. The molecule has 0 fully saturated rings. The smallest absolute Gasteiger partial charge is 0.326 e. The van der Waals surface area contributed by atoms with Crippen LogP contribution in [-0.2, 0) is 16.1 Å². The molecule has 1 unspecified atom stereocenters. The molecule has 0 amide bonds. The number of hydrogen-bond donors (Lipinski definition) is 2. The molecule has 106 valence electrons. The van der Waals surface area contributed by atoms with E-state index in [2.05, 4.69) is 5.32 Å². The van der Waals surface area contributed by atoms with Crippen LogP contribution in [0.5, 0.6) is 5.75 Å². The Bertz CT molecular complexity index is 395. The highest BCUT2D eigenvalue weighted by atomic mass is 16.5. The number of esters is 1. The standard InChI is InChI=1S/C14H21NO4/c1-3-15-12(14(17)18-4-2)10-19-13-8-6-5-7-11(13)9-16/h5-8,12,15-16H,3-4,9-10H2,1-2H3. The highest BCUT2D eigenvalue weighted by Gasteiger charge is 2.19. The molecular formula is C14H21NO4. The van der Waals surface area contributed by atoms with Crippen LogP contribution in [0, 0.1) is 0 Å². The minimum atomic E-state index is -0.503.